The number of aryl methyl sites for hydroxylation is 2. The molecule has 1 aliphatic carbocycles. The zero-order chi connectivity index (χ0) is 14.6. The zero-order valence-corrected chi connectivity index (χ0v) is 13.8. The van der Waals surface area contributed by atoms with Crippen LogP contribution in [0.1, 0.15) is 30.4 Å². The van der Waals surface area contributed by atoms with E-state index in [1.54, 1.807) is 0 Å². The van der Waals surface area contributed by atoms with Gasteiger partial charge in [0.2, 0.25) is 5.91 Å². The fourth-order valence-electron chi connectivity index (χ4n) is 2.50. The third-order valence-corrected chi connectivity index (χ3v) is 4.60. The Balaban J connectivity index is 1.76. The summed E-state index contributed by atoms with van der Waals surface area (Å²) < 4.78 is 1.07. The number of carbonyl (C=O) groups is 1. The van der Waals surface area contributed by atoms with Crippen LogP contribution in [0, 0.1) is 12.3 Å². The molecule has 0 radical (unpaired) electrons. The second-order valence-electron chi connectivity index (χ2n) is 5.88. The van der Waals surface area contributed by atoms with Crippen LogP contribution in [0.15, 0.2) is 22.7 Å². The number of hydrogen-bond donors (Lipinski definition) is 2. The van der Waals surface area contributed by atoms with Gasteiger partial charge >= 0.3 is 0 Å². The van der Waals surface area contributed by atoms with E-state index in [0.29, 0.717) is 11.8 Å². The van der Waals surface area contributed by atoms with Crippen molar-refractivity contribution in [2.75, 3.05) is 20.1 Å². The Hall–Kier alpha value is -0.870. The van der Waals surface area contributed by atoms with Crippen molar-refractivity contribution >= 4 is 21.8 Å². The van der Waals surface area contributed by atoms with Gasteiger partial charge in [0, 0.05) is 29.4 Å². The number of halogens is 1. The molecule has 1 aromatic rings. The summed E-state index contributed by atoms with van der Waals surface area (Å²) in [6.07, 6.45) is 3.81. The van der Waals surface area contributed by atoms with Gasteiger partial charge in [-0.15, -0.1) is 0 Å². The predicted molar refractivity (Wildman–Crippen MR) is 85.8 cm³/mol. The van der Waals surface area contributed by atoms with Gasteiger partial charge in [0.05, 0.1) is 0 Å². The van der Waals surface area contributed by atoms with E-state index in [1.807, 2.05) is 13.1 Å². The first-order valence-electron chi connectivity index (χ1n) is 7.21. The Kier molecular flexibility index (Phi) is 5.22. The van der Waals surface area contributed by atoms with Crippen LogP contribution < -0.4 is 10.6 Å². The maximum atomic E-state index is 11.9. The van der Waals surface area contributed by atoms with Crippen molar-refractivity contribution in [1.82, 2.24) is 10.6 Å². The SMILES string of the molecule is CNCC1(CNC(=O)CCc2cc(Br)ccc2C)CC1. The summed E-state index contributed by atoms with van der Waals surface area (Å²) >= 11 is 3.48. The molecule has 0 heterocycles. The lowest BCUT2D eigenvalue weighted by molar-refractivity contribution is -0.121. The summed E-state index contributed by atoms with van der Waals surface area (Å²) in [6.45, 7) is 3.90. The van der Waals surface area contributed by atoms with Crippen LogP contribution in [-0.4, -0.2) is 26.0 Å². The minimum atomic E-state index is 0.159. The minimum absolute atomic E-state index is 0.159. The van der Waals surface area contributed by atoms with Gasteiger partial charge in [0.25, 0.3) is 0 Å². The minimum Gasteiger partial charge on any atom is -0.355 e. The molecular formula is C16H23BrN2O. The second-order valence-corrected chi connectivity index (χ2v) is 6.79. The van der Waals surface area contributed by atoms with Gasteiger partial charge in [-0.1, -0.05) is 22.0 Å². The highest BCUT2D eigenvalue weighted by molar-refractivity contribution is 9.10. The van der Waals surface area contributed by atoms with Gasteiger partial charge < -0.3 is 10.6 Å². The van der Waals surface area contributed by atoms with Crippen LogP contribution in [0.5, 0.6) is 0 Å². The average Bonchev–Trinajstić information content (AvgIpc) is 3.18. The van der Waals surface area contributed by atoms with Gasteiger partial charge in [0.15, 0.2) is 0 Å². The van der Waals surface area contributed by atoms with Crippen molar-refractivity contribution in [2.24, 2.45) is 5.41 Å². The fraction of sp³-hybridized carbons (Fsp3) is 0.562. The largest absolute Gasteiger partial charge is 0.355 e. The highest BCUT2D eigenvalue weighted by atomic mass is 79.9. The summed E-state index contributed by atoms with van der Waals surface area (Å²) in [5.41, 5.74) is 2.82. The number of benzene rings is 1. The van der Waals surface area contributed by atoms with Crippen molar-refractivity contribution < 1.29 is 4.79 Å². The summed E-state index contributed by atoms with van der Waals surface area (Å²) in [6, 6.07) is 6.23. The second kappa shape index (κ2) is 6.72. The lowest BCUT2D eigenvalue weighted by Crippen LogP contribution is -2.35. The molecule has 0 unspecified atom stereocenters. The van der Waals surface area contributed by atoms with E-state index in [9.17, 15) is 4.79 Å². The van der Waals surface area contributed by atoms with E-state index in [0.717, 1.165) is 24.0 Å². The van der Waals surface area contributed by atoms with Gasteiger partial charge in [-0.2, -0.15) is 0 Å². The molecule has 1 aliphatic rings. The molecule has 0 bridgehead atoms. The monoisotopic (exact) mass is 338 g/mol. The smallest absolute Gasteiger partial charge is 0.220 e. The van der Waals surface area contributed by atoms with E-state index < -0.39 is 0 Å². The molecule has 2 rings (SSSR count). The van der Waals surface area contributed by atoms with Crippen molar-refractivity contribution in [2.45, 2.75) is 32.6 Å². The molecule has 1 amide bonds. The van der Waals surface area contributed by atoms with E-state index >= 15 is 0 Å². The Morgan fingerprint density at radius 2 is 2.10 bits per heavy atom. The molecule has 0 spiro atoms. The van der Waals surface area contributed by atoms with Crippen molar-refractivity contribution in [3.05, 3.63) is 33.8 Å². The molecule has 0 atom stereocenters. The van der Waals surface area contributed by atoms with Crippen molar-refractivity contribution in [3.8, 4) is 0 Å². The standard InChI is InChI=1S/C16H23BrN2O/c1-12-3-5-14(17)9-13(12)4-6-15(20)19-11-16(7-8-16)10-18-2/h3,5,9,18H,4,6-8,10-11H2,1-2H3,(H,19,20). The molecule has 4 heteroatoms. The van der Waals surface area contributed by atoms with Gasteiger partial charge in [-0.25, -0.2) is 0 Å². The van der Waals surface area contributed by atoms with Crippen LogP contribution in [0.4, 0.5) is 0 Å². The number of carbonyl (C=O) groups excluding carboxylic acids is 1. The lowest BCUT2D eigenvalue weighted by Gasteiger charge is -2.15. The maximum Gasteiger partial charge on any atom is 0.220 e. The third-order valence-electron chi connectivity index (χ3n) is 4.10. The average molecular weight is 339 g/mol. The highest BCUT2D eigenvalue weighted by Gasteiger charge is 2.41. The lowest BCUT2D eigenvalue weighted by atomic mass is 10.0. The molecule has 20 heavy (non-hydrogen) atoms. The molecule has 3 nitrogen and oxygen atoms in total. The Morgan fingerprint density at radius 3 is 2.75 bits per heavy atom. The molecule has 110 valence electrons. The van der Waals surface area contributed by atoms with Crippen LogP contribution in [-0.2, 0) is 11.2 Å². The molecule has 1 saturated carbocycles. The Bertz CT molecular complexity index is 483. The summed E-state index contributed by atoms with van der Waals surface area (Å²) in [5.74, 6) is 0.159. The van der Waals surface area contributed by atoms with Gasteiger partial charge in [-0.05, 0) is 56.5 Å². The number of amides is 1. The fourth-order valence-corrected chi connectivity index (χ4v) is 2.91. The first-order valence-corrected chi connectivity index (χ1v) is 8.00. The first kappa shape index (κ1) is 15.5. The normalized spacial score (nSPS) is 15.9. The third kappa shape index (κ3) is 4.32. The van der Waals surface area contributed by atoms with Crippen LogP contribution in [0.2, 0.25) is 0 Å². The Morgan fingerprint density at radius 1 is 1.35 bits per heavy atom. The predicted octanol–water partition coefficient (Wildman–Crippen LogP) is 2.81. The van der Waals surface area contributed by atoms with E-state index in [2.05, 4.69) is 45.6 Å². The maximum absolute atomic E-state index is 11.9. The number of rotatable bonds is 7. The van der Waals surface area contributed by atoms with E-state index in [-0.39, 0.29) is 5.91 Å². The topological polar surface area (TPSA) is 41.1 Å². The zero-order valence-electron chi connectivity index (χ0n) is 12.3. The molecule has 0 saturated heterocycles. The molecule has 0 aromatic heterocycles. The summed E-state index contributed by atoms with van der Waals surface area (Å²) in [4.78, 5) is 11.9. The van der Waals surface area contributed by atoms with Crippen LogP contribution in [0.3, 0.4) is 0 Å². The molecule has 1 fully saturated rings. The quantitative estimate of drug-likeness (QED) is 0.802. The van der Waals surface area contributed by atoms with E-state index in [4.69, 9.17) is 0 Å². The Labute approximate surface area is 129 Å². The molecule has 2 N–H and O–H groups in total. The summed E-state index contributed by atoms with van der Waals surface area (Å²) in [7, 11) is 1.97. The first-order chi connectivity index (χ1) is 9.54. The number of nitrogens with one attached hydrogen (secondary N) is 2. The highest BCUT2D eigenvalue weighted by Crippen LogP contribution is 2.44. The van der Waals surface area contributed by atoms with Crippen molar-refractivity contribution in [3.63, 3.8) is 0 Å². The molecule has 1 aromatic carbocycles. The van der Waals surface area contributed by atoms with Crippen LogP contribution in [0.25, 0.3) is 0 Å². The van der Waals surface area contributed by atoms with Crippen molar-refractivity contribution in [1.29, 1.82) is 0 Å². The van der Waals surface area contributed by atoms with Gasteiger partial charge in [0.1, 0.15) is 0 Å². The van der Waals surface area contributed by atoms with E-state index in [1.165, 1.54) is 24.0 Å². The van der Waals surface area contributed by atoms with Crippen LogP contribution >= 0.6 is 15.9 Å². The molecular weight excluding hydrogens is 316 g/mol. The molecule has 0 aliphatic heterocycles. The van der Waals surface area contributed by atoms with Gasteiger partial charge in [-0.3, -0.25) is 4.79 Å². The summed E-state index contributed by atoms with van der Waals surface area (Å²) in [5, 5.41) is 6.29. The number of hydrogen-bond acceptors (Lipinski definition) is 2.